The van der Waals surface area contributed by atoms with Gasteiger partial charge in [0.2, 0.25) is 10.0 Å². The summed E-state index contributed by atoms with van der Waals surface area (Å²) in [4.78, 5) is 1.98. The van der Waals surface area contributed by atoms with Crippen molar-refractivity contribution in [3.05, 3.63) is 42.0 Å². The minimum Gasteiger partial charge on any atom is -0.333 e. The standard InChI is InChI=1S/C18H26N2O2S/c1-16-7-9-18(10-8-16)23(21,22)20-13-11-19(12-14-20)15-17-5-3-2-4-6-17/h2-3,7-10,17H,4-6,11-15H2,1H3/p+1/t17-/m1/s1. The lowest BCUT2D eigenvalue weighted by molar-refractivity contribution is -0.907. The minimum absolute atomic E-state index is 0.420. The van der Waals surface area contributed by atoms with Crippen molar-refractivity contribution in [3.8, 4) is 0 Å². The van der Waals surface area contributed by atoms with Crippen LogP contribution >= 0.6 is 0 Å². The van der Waals surface area contributed by atoms with Gasteiger partial charge in [0.15, 0.2) is 0 Å². The van der Waals surface area contributed by atoms with Crippen LogP contribution in [0.2, 0.25) is 0 Å². The van der Waals surface area contributed by atoms with Crippen LogP contribution in [0.4, 0.5) is 0 Å². The maximum atomic E-state index is 12.7. The van der Waals surface area contributed by atoms with Gasteiger partial charge in [0, 0.05) is 5.92 Å². The number of quaternary nitrogens is 1. The molecular formula is C18H27N2O2S+. The number of sulfonamides is 1. The SMILES string of the molecule is Cc1ccc(S(=O)(=O)N2CC[NH+](C[C@@H]3CC=CCC3)CC2)cc1. The molecule has 1 aromatic carbocycles. The molecule has 126 valence electrons. The fourth-order valence-corrected chi connectivity index (χ4v) is 5.00. The van der Waals surface area contributed by atoms with Crippen molar-refractivity contribution in [2.24, 2.45) is 5.92 Å². The Morgan fingerprint density at radius 1 is 1.13 bits per heavy atom. The van der Waals surface area contributed by atoms with E-state index in [9.17, 15) is 8.42 Å². The Kier molecular flexibility index (Phi) is 5.19. The molecule has 1 aliphatic heterocycles. The van der Waals surface area contributed by atoms with Crippen molar-refractivity contribution in [2.45, 2.75) is 31.1 Å². The molecule has 1 aliphatic carbocycles. The van der Waals surface area contributed by atoms with Gasteiger partial charge in [-0.05, 0) is 38.3 Å². The van der Waals surface area contributed by atoms with E-state index >= 15 is 0 Å². The molecule has 0 amide bonds. The molecule has 0 saturated carbocycles. The highest BCUT2D eigenvalue weighted by Gasteiger charge is 2.31. The second kappa shape index (κ2) is 7.16. The van der Waals surface area contributed by atoms with Crippen LogP contribution < -0.4 is 4.90 Å². The molecule has 3 rings (SSSR count). The lowest BCUT2D eigenvalue weighted by Crippen LogP contribution is -3.15. The number of piperazine rings is 1. The first-order valence-corrected chi connectivity index (χ1v) is 10.0. The van der Waals surface area contributed by atoms with Crippen molar-refractivity contribution in [1.29, 1.82) is 0 Å². The van der Waals surface area contributed by atoms with Crippen LogP contribution in [-0.4, -0.2) is 45.4 Å². The molecule has 0 unspecified atom stereocenters. The molecule has 0 bridgehead atoms. The smallest absolute Gasteiger partial charge is 0.243 e. The van der Waals surface area contributed by atoms with Gasteiger partial charge < -0.3 is 4.90 Å². The summed E-state index contributed by atoms with van der Waals surface area (Å²) in [5, 5.41) is 0. The fourth-order valence-electron chi connectivity index (χ4n) is 3.56. The molecule has 1 N–H and O–H groups in total. The Bertz CT molecular complexity index is 644. The van der Waals surface area contributed by atoms with E-state index in [1.165, 1.54) is 25.8 Å². The summed E-state index contributed by atoms with van der Waals surface area (Å²) in [6.07, 6.45) is 8.25. The molecule has 23 heavy (non-hydrogen) atoms. The van der Waals surface area contributed by atoms with Crippen LogP contribution in [0.25, 0.3) is 0 Å². The van der Waals surface area contributed by atoms with Crippen molar-refractivity contribution >= 4 is 10.0 Å². The fraction of sp³-hybridized carbons (Fsp3) is 0.556. The van der Waals surface area contributed by atoms with Gasteiger partial charge in [-0.2, -0.15) is 4.31 Å². The summed E-state index contributed by atoms with van der Waals surface area (Å²) in [5.41, 5.74) is 1.08. The van der Waals surface area contributed by atoms with E-state index in [0.717, 1.165) is 24.6 Å². The Balaban J connectivity index is 1.57. The van der Waals surface area contributed by atoms with E-state index in [1.807, 2.05) is 19.1 Å². The van der Waals surface area contributed by atoms with Gasteiger partial charge in [-0.3, -0.25) is 0 Å². The monoisotopic (exact) mass is 335 g/mol. The van der Waals surface area contributed by atoms with Gasteiger partial charge in [0.25, 0.3) is 0 Å². The Labute approximate surface area is 139 Å². The predicted octanol–water partition coefficient (Wildman–Crippen LogP) is 1.24. The summed E-state index contributed by atoms with van der Waals surface area (Å²) >= 11 is 0. The first kappa shape index (κ1) is 16.7. The molecule has 1 heterocycles. The summed E-state index contributed by atoms with van der Waals surface area (Å²) in [6.45, 7) is 6.26. The number of nitrogens with zero attached hydrogens (tertiary/aromatic N) is 1. The van der Waals surface area contributed by atoms with Gasteiger partial charge in [0.05, 0.1) is 37.6 Å². The molecule has 2 aliphatic rings. The van der Waals surface area contributed by atoms with Crippen LogP contribution in [-0.2, 0) is 10.0 Å². The van der Waals surface area contributed by atoms with E-state index in [4.69, 9.17) is 0 Å². The molecule has 1 saturated heterocycles. The summed E-state index contributed by atoms with van der Waals surface area (Å²) in [6, 6.07) is 7.17. The highest BCUT2D eigenvalue weighted by molar-refractivity contribution is 7.89. The zero-order valence-corrected chi connectivity index (χ0v) is 14.7. The third-order valence-electron chi connectivity index (χ3n) is 5.04. The average Bonchev–Trinajstić information content (AvgIpc) is 2.57. The number of hydrogen-bond donors (Lipinski definition) is 1. The number of allylic oxidation sites excluding steroid dienone is 2. The quantitative estimate of drug-likeness (QED) is 0.841. The van der Waals surface area contributed by atoms with Gasteiger partial charge in [-0.15, -0.1) is 0 Å². The van der Waals surface area contributed by atoms with E-state index in [2.05, 4.69) is 12.2 Å². The number of aryl methyl sites for hydroxylation is 1. The summed E-state index contributed by atoms with van der Waals surface area (Å²) in [5.74, 6) is 0.773. The maximum Gasteiger partial charge on any atom is 0.243 e. The average molecular weight is 335 g/mol. The molecule has 1 fully saturated rings. The molecule has 5 heteroatoms. The van der Waals surface area contributed by atoms with Crippen molar-refractivity contribution in [1.82, 2.24) is 4.31 Å². The second-order valence-corrected chi connectivity index (χ2v) is 8.76. The van der Waals surface area contributed by atoms with Crippen LogP contribution in [0.3, 0.4) is 0 Å². The molecule has 1 aromatic rings. The van der Waals surface area contributed by atoms with Crippen molar-refractivity contribution < 1.29 is 13.3 Å². The number of benzene rings is 1. The zero-order valence-electron chi connectivity index (χ0n) is 13.9. The van der Waals surface area contributed by atoms with Crippen LogP contribution in [0.15, 0.2) is 41.3 Å². The minimum atomic E-state index is -3.33. The molecule has 4 nitrogen and oxygen atoms in total. The maximum absolute atomic E-state index is 12.7. The van der Waals surface area contributed by atoms with Gasteiger partial charge >= 0.3 is 0 Å². The normalized spacial score (nSPS) is 24.0. The third-order valence-corrected chi connectivity index (χ3v) is 6.96. The highest BCUT2D eigenvalue weighted by Crippen LogP contribution is 2.18. The van der Waals surface area contributed by atoms with Crippen molar-refractivity contribution in [2.75, 3.05) is 32.7 Å². The van der Waals surface area contributed by atoms with E-state index in [0.29, 0.717) is 18.0 Å². The highest BCUT2D eigenvalue weighted by atomic mass is 32.2. The van der Waals surface area contributed by atoms with E-state index < -0.39 is 10.0 Å². The largest absolute Gasteiger partial charge is 0.333 e. The van der Waals surface area contributed by atoms with Crippen LogP contribution in [0.5, 0.6) is 0 Å². The molecule has 1 atom stereocenters. The topological polar surface area (TPSA) is 41.8 Å². The second-order valence-electron chi connectivity index (χ2n) is 6.82. The van der Waals surface area contributed by atoms with Crippen LogP contribution in [0.1, 0.15) is 24.8 Å². The van der Waals surface area contributed by atoms with Crippen LogP contribution in [0, 0.1) is 12.8 Å². The van der Waals surface area contributed by atoms with Crippen molar-refractivity contribution in [3.63, 3.8) is 0 Å². The summed E-state index contributed by atoms with van der Waals surface area (Å²) < 4.78 is 27.1. The number of hydrogen-bond acceptors (Lipinski definition) is 2. The lowest BCUT2D eigenvalue weighted by atomic mass is 9.94. The predicted molar refractivity (Wildman–Crippen MR) is 92.0 cm³/mol. The Morgan fingerprint density at radius 2 is 1.83 bits per heavy atom. The Morgan fingerprint density at radius 3 is 2.43 bits per heavy atom. The molecular weight excluding hydrogens is 308 g/mol. The summed E-state index contributed by atoms with van der Waals surface area (Å²) in [7, 11) is -3.33. The zero-order chi connectivity index (χ0) is 16.3. The number of nitrogens with one attached hydrogen (secondary N) is 1. The van der Waals surface area contributed by atoms with E-state index in [1.54, 1.807) is 21.3 Å². The molecule has 0 spiro atoms. The first-order valence-electron chi connectivity index (χ1n) is 8.61. The molecule has 0 aromatic heterocycles. The first-order chi connectivity index (χ1) is 11.1. The lowest BCUT2D eigenvalue weighted by Gasteiger charge is -2.33. The van der Waals surface area contributed by atoms with Gasteiger partial charge in [-0.1, -0.05) is 29.8 Å². The van der Waals surface area contributed by atoms with E-state index in [-0.39, 0.29) is 0 Å². The van der Waals surface area contributed by atoms with Gasteiger partial charge in [-0.25, -0.2) is 8.42 Å². The number of rotatable bonds is 4. The Hall–Kier alpha value is -1.17. The molecule has 0 radical (unpaired) electrons. The van der Waals surface area contributed by atoms with Gasteiger partial charge in [0.1, 0.15) is 0 Å². The third kappa shape index (κ3) is 4.03.